The van der Waals surface area contributed by atoms with Gasteiger partial charge in [0, 0.05) is 18.2 Å². The fraction of sp³-hybridized carbons (Fsp3) is 0.304. The Balaban J connectivity index is 1.86. The second-order valence-corrected chi connectivity index (χ2v) is 10.0. The van der Waals surface area contributed by atoms with Crippen molar-refractivity contribution in [2.45, 2.75) is 39.0 Å². The van der Waals surface area contributed by atoms with E-state index in [0.29, 0.717) is 40.6 Å². The lowest BCUT2D eigenvalue weighted by atomic mass is 9.93. The molecular weight excluding hydrogens is 485 g/mol. The number of aryl methyl sites for hydroxylation is 1. The molecule has 0 saturated carbocycles. The molecule has 188 valence electrons. The van der Waals surface area contributed by atoms with E-state index in [1.54, 1.807) is 59.3 Å². The third-order valence-corrected chi connectivity index (χ3v) is 6.52. The van der Waals surface area contributed by atoms with Crippen molar-refractivity contribution in [1.29, 1.82) is 0 Å². The fourth-order valence-electron chi connectivity index (χ4n) is 3.43. The van der Waals surface area contributed by atoms with Crippen LogP contribution in [0.15, 0.2) is 59.8 Å². The zero-order chi connectivity index (χ0) is 25.9. The summed E-state index contributed by atoms with van der Waals surface area (Å²) in [5, 5.41) is 16.1. The summed E-state index contributed by atoms with van der Waals surface area (Å²) in [5.41, 5.74) is 1.04. The number of halogens is 3. The highest BCUT2D eigenvalue weighted by atomic mass is 32.2. The first-order valence-corrected chi connectivity index (χ1v) is 12.2. The van der Waals surface area contributed by atoms with E-state index < -0.39 is 27.5 Å². The SMILES string of the molecule is CCn1nc(-c2cccc(C(C)(C)NS(=O)(=O)CC(F)(F)F)c2)cc1Oc1ccc(/C=N/O)cc1. The molecule has 3 rings (SSSR count). The molecule has 0 amide bonds. The van der Waals surface area contributed by atoms with Gasteiger partial charge in [0.25, 0.3) is 0 Å². The third-order valence-electron chi connectivity index (χ3n) is 5.00. The van der Waals surface area contributed by atoms with Crippen molar-refractivity contribution in [2.75, 3.05) is 5.75 Å². The number of hydrogen-bond donors (Lipinski definition) is 2. The molecule has 8 nitrogen and oxygen atoms in total. The Bertz CT molecular complexity index is 1300. The maximum absolute atomic E-state index is 12.6. The van der Waals surface area contributed by atoms with E-state index in [1.165, 1.54) is 20.1 Å². The lowest BCUT2D eigenvalue weighted by Crippen LogP contribution is -2.44. The molecule has 12 heteroatoms. The number of sulfonamides is 1. The van der Waals surface area contributed by atoms with Crippen LogP contribution in [0.1, 0.15) is 31.9 Å². The molecule has 3 aromatic rings. The van der Waals surface area contributed by atoms with Gasteiger partial charge in [-0.05, 0) is 62.2 Å². The maximum atomic E-state index is 12.6. The molecule has 0 spiro atoms. The Morgan fingerprint density at radius 2 is 1.83 bits per heavy atom. The van der Waals surface area contributed by atoms with Gasteiger partial charge in [0.2, 0.25) is 15.9 Å². The number of nitrogens with zero attached hydrogens (tertiary/aromatic N) is 3. The minimum atomic E-state index is -4.85. The molecule has 0 unspecified atom stereocenters. The monoisotopic (exact) mass is 510 g/mol. The van der Waals surface area contributed by atoms with Crippen LogP contribution in [-0.2, 0) is 22.1 Å². The van der Waals surface area contributed by atoms with E-state index in [-0.39, 0.29) is 0 Å². The van der Waals surface area contributed by atoms with Gasteiger partial charge >= 0.3 is 6.18 Å². The minimum absolute atomic E-state index is 0.460. The summed E-state index contributed by atoms with van der Waals surface area (Å²) in [6, 6.07) is 15.3. The van der Waals surface area contributed by atoms with Gasteiger partial charge in [-0.25, -0.2) is 17.8 Å². The zero-order valence-electron chi connectivity index (χ0n) is 19.2. The topological polar surface area (TPSA) is 106 Å². The summed E-state index contributed by atoms with van der Waals surface area (Å²) in [5.74, 6) is -0.963. The lowest BCUT2D eigenvalue weighted by molar-refractivity contribution is -0.106. The average molecular weight is 511 g/mol. The molecule has 0 atom stereocenters. The second-order valence-electron chi connectivity index (χ2n) is 8.28. The fourth-order valence-corrected chi connectivity index (χ4v) is 4.82. The van der Waals surface area contributed by atoms with Crippen molar-refractivity contribution in [3.05, 3.63) is 65.7 Å². The number of ether oxygens (including phenoxy) is 1. The maximum Gasteiger partial charge on any atom is 0.404 e. The summed E-state index contributed by atoms with van der Waals surface area (Å²) in [6.45, 7) is 5.38. The highest BCUT2D eigenvalue weighted by Crippen LogP contribution is 2.31. The largest absolute Gasteiger partial charge is 0.439 e. The number of benzene rings is 2. The molecule has 0 radical (unpaired) electrons. The van der Waals surface area contributed by atoms with Crippen LogP contribution in [0.5, 0.6) is 11.6 Å². The molecule has 0 fully saturated rings. The average Bonchev–Trinajstić information content (AvgIpc) is 3.16. The zero-order valence-corrected chi connectivity index (χ0v) is 20.1. The van der Waals surface area contributed by atoms with Crippen LogP contribution in [0.2, 0.25) is 0 Å². The Labute approximate surface area is 201 Å². The third kappa shape index (κ3) is 7.06. The highest BCUT2D eigenvalue weighted by molar-refractivity contribution is 7.89. The van der Waals surface area contributed by atoms with Crippen molar-refractivity contribution in [2.24, 2.45) is 5.16 Å². The van der Waals surface area contributed by atoms with Crippen molar-refractivity contribution in [3.63, 3.8) is 0 Å². The van der Waals surface area contributed by atoms with E-state index in [1.807, 2.05) is 6.92 Å². The molecular formula is C23H25F3N4O4S. The molecule has 2 aromatic carbocycles. The van der Waals surface area contributed by atoms with E-state index in [2.05, 4.69) is 15.0 Å². The standard InChI is InChI=1S/C23H25F3N4O4S/c1-4-30-21(34-19-10-8-16(9-11-19)14-27-31)13-20(28-30)17-6-5-7-18(12-17)22(2,3)29-35(32,33)15-23(24,25)26/h5-14,29,31H,4,15H2,1-3H3/b27-14+. The van der Waals surface area contributed by atoms with E-state index in [9.17, 15) is 21.6 Å². The van der Waals surface area contributed by atoms with E-state index in [0.717, 1.165) is 0 Å². The lowest BCUT2D eigenvalue weighted by Gasteiger charge is -2.27. The Morgan fingerprint density at radius 1 is 1.14 bits per heavy atom. The number of nitrogens with one attached hydrogen (secondary N) is 1. The first-order chi connectivity index (χ1) is 16.3. The summed E-state index contributed by atoms with van der Waals surface area (Å²) in [7, 11) is -4.61. The van der Waals surface area contributed by atoms with Gasteiger partial charge in [0.1, 0.15) is 5.75 Å². The molecule has 35 heavy (non-hydrogen) atoms. The van der Waals surface area contributed by atoms with E-state index in [4.69, 9.17) is 9.94 Å². The van der Waals surface area contributed by atoms with Gasteiger partial charge in [-0.1, -0.05) is 23.4 Å². The number of hydrogen-bond acceptors (Lipinski definition) is 6. The van der Waals surface area contributed by atoms with Crippen LogP contribution in [-0.4, -0.2) is 41.5 Å². The van der Waals surface area contributed by atoms with Crippen molar-refractivity contribution in [1.82, 2.24) is 14.5 Å². The molecule has 0 saturated heterocycles. The minimum Gasteiger partial charge on any atom is -0.439 e. The summed E-state index contributed by atoms with van der Waals surface area (Å²) in [4.78, 5) is 0. The van der Waals surface area contributed by atoms with Gasteiger partial charge in [0.05, 0.1) is 17.4 Å². The molecule has 2 N–H and O–H groups in total. The van der Waals surface area contributed by atoms with Crippen molar-refractivity contribution in [3.8, 4) is 22.9 Å². The summed E-state index contributed by atoms with van der Waals surface area (Å²) >= 11 is 0. The van der Waals surface area contributed by atoms with Gasteiger partial charge in [-0.2, -0.15) is 18.3 Å². The number of aromatic nitrogens is 2. The summed E-state index contributed by atoms with van der Waals surface area (Å²) < 4.78 is 71.7. The highest BCUT2D eigenvalue weighted by Gasteiger charge is 2.38. The van der Waals surface area contributed by atoms with Gasteiger partial charge in [-0.3, -0.25) is 0 Å². The second kappa shape index (κ2) is 10.1. The van der Waals surface area contributed by atoms with Crippen LogP contribution in [0.3, 0.4) is 0 Å². The molecule has 0 aliphatic rings. The molecule has 0 aliphatic carbocycles. The number of alkyl halides is 3. The molecule has 1 aromatic heterocycles. The predicted octanol–water partition coefficient (Wildman–Crippen LogP) is 4.89. The van der Waals surface area contributed by atoms with Crippen LogP contribution in [0, 0.1) is 0 Å². The number of rotatable bonds is 9. The first kappa shape index (κ1) is 26.2. The molecule has 1 heterocycles. The van der Waals surface area contributed by atoms with Crippen molar-refractivity contribution < 1.29 is 31.5 Å². The quantitative estimate of drug-likeness (QED) is 0.242. The van der Waals surface area contributed by atoms with E-state index >= 15 is 0 Å². The van der Waals surface area contributed by atoms with Gasteiger partial charge < -0.3 is 9.94 Å². The first-order valence-electron chi connectivity index (χ1n) is 10.5. The van der Waals surface area contributed by atoms with Crippen LogP contribution in [0.4, 0.5) is 13.2 Å². The normalized spacial score (nSPS) is 12.9. The van der Waals surface area contributed by atoms with Crippen LogP contribution < -0.4 is 9.46 Å². The Morgan fingerprint density at radius 3 is 2.43 bits per heavy atom. The van der Waals surface area contributed by atoms with Crippen molar-refractivity contribution >= 4 is 16.2 Å². The smallest absolute Gasteiger partial charge is 0.404 e. The van der Waals surface area contributed by atoms with Gasteiger partial charge in [0.15, 0.2) is 5.75 Å². The predicted molar refractivity (Wildman–Crippen MR) is 125 cm³/mol. The van der Waals surface area contributed by atoms with Crippen LogP contribution in [0.25, 0.3) is 11.3 Å². The Kier molecular flexibility index (Phi) is 7.56. The number of oxime groups is 1. The molecule has 0 bridgehead atoms. The summed E-state index contributed by atoms with van der Waals surface area (Å²) in [6.07, 6.45) is -3.56. The molecule has 0 aliphatic heterocycles. The van der Waals surface area contributed by atoms with Gasteiger partial charge in [-0.15, -0.1) is 0 Å². The van der Waals surface area contributed by atoms with Crippen LogP contribution >= 0.6 is 0 Å². The Hall–Kier alpha value is -3.38.